The quantitative estimate of drug-likeness (QED) is 0.861. The van der Waals surface area contributed by atoms with Crippen molar-refractivity contribution in [3.8, 4) is 0 Å². The molecule has 1 rings (SSSR count). The molecule has 0 spiro atoms. The van der Waals surface area contributed by atoms with E-state index in [1.165, 1.54) is 6.92 Å². The van der Waals surface area contributed by atoms with Crippen molar-refractivity contribution in [2.24, 2.45) is 5.92 Å². The smallest absolute Gasteiger partial charge is 0.388 e. The molecule has 2 N–H and O–H groups in total. The Labute approximate surface area is 125 Å². The van der Waals surface area contributed by atoms with Crippen LogP contribution in [0.3, 0.4) is 0 Å². The summed E-state index contributed by atoms with van der Waals surface area (Å²) in [7, 11) is 0. The number of nitrogens with one attached hydrogen (secondary N) is 1. The average Bonchev–Trinajstić information content (AvgIpc) is 2.37. The lowest BCUT2D eigenvalue weighted by Crippen LogP contribution is -2.45. The van der Waals surface area contributed by atoms with Crippen LogP contribution >= 0.6 is 0 Å². The molecule has 1 heterocycles. The molecular formula is C14H19F3N2O3. The van der Waals surface area contributed by atoms with Crippen LogP contribution in [0.4, 0.5) is 13.2 Å². The highest BCUT2D eigenvalue weighted by molar-refractivity contribution is 5.75. The summed E-state index contributed by atoms with van der Waals surface area (Å²) in [6, 6.07) is 1.72. The number of carbonyl (C=O) groups is 1. The van der Waals surface area contributed by atoms with Gasteiger partial charge in [0.1, 0.15) is 12.1 Å². The molecular weight excluding hydrogens is 301 g/mol. The number of halogens is 3. The zero-order chi connectivity index (χ0) is 17.1. The van der Waals surface area contributed by atoms with Gasteiger partial charge in [-0.2, -0.15) is 13.2 Å². The molecule has 1 aromatic rings. The number of pyridine rings is 1. The van der Waals surface area contributed by atoms with Crippen LogP contribution in [-0.4, -0.2) is 27.7 Å². The predicted molar refractivity (Wildman–Crippen MR) is 74.2 cm³/mol. The van der Waals surface area contributed by atoms with Gasteiger partial charge in [-0.3, -0.25) is 9.59 Å². The van der Waals surface area contributed by atoms with Crippen LogP contribution in [0, 0.1) is 5.92 Å². The van der Waals surface area contributed by atoms with E-state index >= 15 is 0 Å². The van der Waals surface area contributed by atoms with E-state index in [-0.39, 0.29) is 12.5 Å². The first-order valence-electron chi connectivity index (χ1n) is 6.71. The minimum Gasteiger partial charge on any atom is -0.388 e. The van der Waals surface area contributed by atoms with Crippen molar-refractivity contribution in [1.82, 2.24) is 9.88 Å². The molecule has 5 nitrogen and oxygen atoms in total. The first-order chi connectivity index (χ1) is 9.95. The zero-order valence-electron chi connectivity index (χ0n) is 12.6. The predicted octanol–water partition coefficient (Wildman–Crippen LogP) is 1.39. The summed E-state index contributed by atoms with van der Waals surface area (Å²) in [5.74, 6) is -0.772. The van der Waals surface area contributed by atoms with Crippen LogP contribution in [0.5, 0.6) is 0 Å². The fourth-order valence-electron chi connectivity index (χ4n) is 1.57. The van der Waals surface area contributed by atoms with Crippen LogP contribution in [-0.2, 0) is 17.5 Å². The Morgan fingerprint density at radius 3 is 2.50 bits per heavy atom. The average molecular weight is 320 g/mol. The minimum absolute atomic E-state index is 0.0583. The standard InChI is InChI=1S/C14H19F3N2O3/c1-9(2)13(3,22)8-18-11(20)7-19-6-4-5-10(12(19)21)14(15,16)17/h4-6,9,22H,7-8H2,1-3H3,(H,18,20). The lowest BCUT2D eigenvalue weighted by molar-refractivity contribution is -0.139. The molecule has 0 aliphatic rings. The first-order valence-corrected chi connectivity index (χ1v) is 6.71. The van der Waals surface area contributed by atoms with E-state index in [9.17, 15) is 27.9 Å². The number of amides is 1. The second-order valence-corrected chi connectivity index (χ2v) is 5.64. The van der Waals surface area contributed by atoms with E-state index in [1.54, 1.807) is 13.8 Å². The summed E-state index contributed by atoms with van der Waals surface area (Å²) >= 11 is 0. The highest BCUT2D eigenvalue weighted by Crippen LogP contribution is 2.25. The highest BCUT2D eigenvalue weighted by Gasteiger charge is 2.34. The number of rotatable bonds is 5. The van der Waals surface area contributed by atoms with Gasteiger partial charge in [0.05, 0.1) is 5.60 Å². The van der Waals surface area contributed by atoms with Gasteiger partial charge in [-0.1, -0.05) is 13.8 Å². The van der Waals surface area contributed by atoms with Gasteiger partial charge in [-0.15, -0.1) is 0 Å². The molecule has 0 aliphatic heterocycles. The number of alkyl halides is 3. The molecule has 124 valence electrons. The maximum atomic E-state index is 12.6. The zero-order valence-corrected chi connectivity index (χ0v) is 12.6. The summed E-state index contributed by atoms with van der Waals surface area (Å²) in [4.78, 5) is 23.4. The number of aliphatic hydroxyl groups is 1. The van der Waals surface area contributed by atoms with Crippen LogP contribution in [0.15, 0.2) is 23.1 Å². The molecule has 1 unspecified atom stereocenters. The minimum atomic E-state index is -4.77. The molecule has 0 bridgehead atoms. The molecule has 0 aliphatic carbocycles. The van der Waals surface area contributed by atoms with Crippen molar-refractivity contribution < 1.29 is 23.1 Å². The van der Waals surface area contributed by atoms with Gasteiger partial charge in [0, 0.05) is 12.7 Å². The van der Waals surface area contributed by atoms with Crippen molar-refractivity contribution in [3.63, 3.8) is 0 Å². The molecule has 0 fully saturated rings. The summed E-state index contributed by atoms with van der Waals surface area (Å²) in [5, 5.41) is 12.4. The number of nitrogens with zero attached hydrogens (tertiary/aromatic N) is 1. The maximum Gasteiger partial charge on any atom is 0.421 e. The highest BCUT2D eigenvalue weighted by atomic mass is 19.4. The van der Waals surface area contributed by atoms with Gasteiger partial charge < -0.3 is 15.0 Å². The second kappa shape index (κ2) is 6.51. The van der Waals surface area contributed by atoms with Gasteiger partial charge in [0.25, 0.3) is 5.56 Å². The molecule has 0 radical (unpaired) electrons. The number of hydrogen-bond acceptors (Lipinski definition) is 3. The van der Waals surface area contributed by atoms with Crippen molar-refractivity contribution >= 4 is 5.91 Å². The first kappa shape index (κ1) is 18.2. The van der Waals surface area contributed by atoms with E-state index in [2.05, 4.69) is 5.32 Å². The molecule has 0 aromatic carbocycles. The van der Waals surface area contributed by atoms with Crippen molar-refractivity contribution in [2.45, 2.75) is 39.1 Å². The molecule has 0 saturated heterocycles. The van der Waals surface area contributed by atoms with Gasteiger partial charge >= 0.3 is 6.18 Å². The Morgan fingerprint density at radius 2 is 2.00 bits per heavy atom. The van der Waals surface area contributed by atoms with Crippen molar-refractivity contribution in [1.29, 1.82) is 0 Å². The molecule has 0 saturated carbocycles. The maximum absolute atomic E-state index is 12.6. The van der Waals surface area contributed by atoms with Crippen LogP contribution in [0.2, 0.25) is 0 Å². The van der Waals surface area contributed by atoms with E-state index in [1.807, 2.05) is 0 Å². The number of carbonyl (C=O) groups excluding carboxylic acids is 1. The Kier molecular flexibility index (Phi) is 5.39. The SMILES string of the molecule is CC(C)C(C)(O)CNC(=O)Cn1cccc(C(F)(F)F)c1=O. The summed E-state index contributed by atoms with van der Waals surface area (Å²) in [6.45, 7) is 4.47. The largest absolute Gasteiger partial charge is 0.421 e. The Bertz CT molecular complexity index is 592. The van der Waals surface area contributed by atoms with Crippen LogP contribution in [0.25, 0.3) is 0 Å². The van der Waals surface area contributed by atoms with Crippen molar-refractivity contribution in [2.75, 3.05) is 6.54 Å². The molecule has 1 amide bonds. The fourth-order valence-corrected chi connectivity index (χ4v) is 1.57. The molecule has 8 heteroatoms. The molecule has 1 aromatic heterocycles. The number of aromatic nitrogens is 1. The summed E-state index contributed by atoms with van der Waals surface area (Å²) in [6.07, 6.45) is -3.66. The van der Waals surface area contributed by atoms with E-state index in [4.69, 9.17) is 0 Å². The summed E-state index contributed by atoms with van der Waals surface area (Å²) < 4.78 is 38.5. The van der Waals surface area contributed by atoms with Gasteiger partial charge in [-0.25, -0.2) is 0 Å². The Balaban J connectivity index is 2.80. The monoisotopic (exact) mass is 320 g/mol. The van der Waals surface area contributed by atoms with Gasteiger partial charge in [0.15, 0.2) is 0 Å². The third-order valence-electron chi connectivity index (χ3n) is 3.53. The third-order valence-corrected chi connectivity index (χ3v) is 3.53. The lowest BCUT2D eigenvalue weighted by atomic mass is 9.92. The second-order valence-electron chi connectivity index (χ2n) is 5.64. The van der Waals surface area contributed by atoms with Gasteiger partial charge in [-0.05, 0) is 25.0 Å². The summed E-state index contributed by atoms with van der Waals surface area (Å²) in [5.41, 5.74) is -3.74. The van der Waals surface area contributed by atoms with Crippen LogP contribution < -0.4 is 10.9 Å². The van der Waals surface area contributed by atoms with E-state index in [0.29, 0.717) is 10.6 Å². The Morgan fingerprint density at radius 1 is 1.41 bits per heavy atom. The third kappa shape index (κ3) is 4.59. The Hall–Kier alpha value is -1.83. The van der Waals surface area contributed by atoms with E-state index < -0.39 is 35.4 Å². The normalized spacial score (nSPS) is 14.7. The molecule has 22 heavy (non-hydrogen) atoms. The fraction of sp³-hybridized carbons (Fsp3) is 0.571. The topological polar surface area (TPSA) is 71.3 Å². The van der Waals surface area contributed by atoms with Crippen LogP contribution in [0.1, 0.15) is 26.3 Å². The van der Waals surface area contributed by atoms with Gasteiger partial charge in [0.2, 0.25) is 5.91 Å². The van der Waals surface area contributed by atoms with Crippen molar-refractivity contribution in [3.05, 3.63) is 34.2 Å². The number of hydrogen-bond donors (Lipinski definition) is 2. The van der Waals surface area contributed by atoms with E-state index in [0.717, 1.165) is 12.3 Å². The lowest BCUT2D eigenvalue weighted by Gasteiger charge is -2.27. The molecule has 1 atom stereocenters.